The van der Waals surface area contributed by atoms with E-state index < -0.39 is 10.0 Å². The van der Waals surface area contributed by atoms with Crippen molar-refractivity contribution in [3.05, 3.63) is 23.9 Å². The summed E-state index contributed by atoms with van der Waals surface area (Å²) in [5.41, 5.74) is 0.580. The average Bonchev–Trinajstić information content (AvgIpc) is 2.92. The molecule has 2 N–H and O–H groups in total. The summed E-state index contributed by atoms with van der Waals surface area (Å²) in [6, 6.07) is 2.75. The number of aliphatic hydroxyl groups is 1. The molecule has 1 saturated heterocycles. The number of nitrogens with zero attached hydrogens (tertiary/aromatic N) is 1. The van der Waals surface area contributed by atoms with Gasteiger partial charge in [-0.1, -0.05) is 6.07 Å². The van der Waals surface area contributed by atoms with Crippen LogP contribution in [0.5, 0.6) is 0 Å². The quantitative estimate of drug-likeness (QED) is 0.811. The lowest BCUT2D eigenvalue weighted by atomic mass is 10.0. The van der Waals surface area contributed by atoms with Crippen molar-refractivity contribution in [2.75, 3.05) is 13.2 Å². The highest BCUT2D eigenvalue weighted by molar-refractivity contribution is 7.89. The van der Waals surface area contributed by atoms with E-state index in [1.807, 2.05) is 6.92 Å². The first kappa shape index (κ1) is 14.4. The van der Waals surface area contributed by atoms with Gasteiger partial charge in [0, 0.05) is 24.8 Å². The maximum atomic E-state index is 12.1. The maximum absolute atomic E-state index is 12.1. The molecule has 0 spiro atoms. The number of hydrogen-bond acceptors (Lipinski definition) is 5. The van der Waals surface area contributed by atoms with Crippen molar-refractivity contribution in [1.82, 2.24) is 9.71 Å². The van der Waals surface area contributed by atoms with Crippen molar-refractivity contribution in [3.8, 4) is 0 Å². The Hall–Kier alpha value is -1.02. The Morgan fingerprint density at radius 3 is 2.89 bits per heavy atom. The molecule has 2 heterocycles. The average molecular weight is 286 g/mol. The summed E-state index contributed by atoms with van der Waals surface area (Å²) in [4.78, 5) is 3.86. The molecule has 0 bridgehead atoms. The minimum absolute atomic E-state index is 0.0320. The Morgan fingerprint density at radius 2 is 2.37 bits per heavy atom. The largest absolute Gasteiger partial charge is 0.392 e. The lowest BCUT2D eigenvalue weighted by Gasteiger charge is -2.18. The molecule has 2 atom stereocenters. The molecule has 0 radical (unpaired) electrons. The standard InChI is InChI=1S/C12H18N2O4S/c1-9(11-4-5-18-8-11)14-19(16,17)12-3-2-10(7-15)6-13-12/h2-3,6,9,11,14-15H,4-5,7-8H2,1H3. The van der Waals surface area contributed by atoms with Gasteiger partial charge in [0.2, 0.25) is 0 Å². The molecule has 1 fully saturated rings. The molecule has 0 saturated carbocycles. The first-order valence-corrected chi connectivity index (χ1v) is 7.67. The Balaban J connectivity index is 2.08. The van der Waals surface area contributed by atoms with E-state index in [-0.39, 0.29) is 23.6 Å². The van der Waals surface area contributed by atoms with Gasteiger partial charge in [-0.2, -0.15) is 0 Å². The fraction of sp³-hybridized carbons (Fsp3) is 0.583. The van der Waals surface area contributed by atoms with Crippen LogP contribution in [0.2, 0.25) is 0 Å². The van der Waals surface area contributed by atoms with Gasteiger partial charge in [0.15, 0.2) is 5.03 Å². The smallest absolute Gasteiger partial charge is 0.258 e. The highest BCUT2D eigenvalue weighted by atomic mass is 32.2. The summed E-state index contributed by atoms with van der Waals surface area (Å²) in [6.45, 7) is 2.94. The molecule has 6 nitrogen and oxygen atoms in total. The van der Waals surface area contributed by atoms with Gasteiger partial charge in [0.1, 0.15) is 0 Å². The highest BCUT2D eigenvalue weighted by Crippen LogP contribution is 2.18. The summed E-state index contributed by atoms with van der Waals surface area (Å²) in [7, 11) is -3.62. The van der Waals surface area contributed by atoms with Crippen LogP contribution in [-0.2, 0) is 21.4 Å². The van der Waals surface area contributed by atoms with E-state index in [1.165, 1.54) is 12.3 Å². The van der Waals surface area contributed by atoms with Crippen molar-refractivity contribution in [2.45, 2.75) is 31.0 Å². The molecule has 0 amide bonds. The molecule has 1 aromatic heterocycles. The molecule has 2 rings (SSSR count). The zero-order chi connectivity index (χ0) is 13.9. The van der Waals surface area contributed by atoms with Gasteiger partial charge in [0.05, 0.1) is 13.2 Å². The van der Waals surface area contributed by atoms with Gasteiger partial charge < -0.3 is 9.84 Å². The van der Waals surface area contributed by atoms with Crippen molar-refractivity contribution in [3.63, 3.8) is 0 Å². The molecule has 106 valence electrons. The minimum atomic E-state index is -3.62. The molecule has 19 heavy (non-hydrogen) atoms. The summed E-state index contributed by atoms with van der Waals surface area (Å²) in [6.07, 6.45) is 2.22. The van der Waals surface area contributed by atoms with Gasteiger partial charge in [-0.05, 0) is 25.0 Å². The number of pyridine rings is 1. The number of ether oxygens (including phenoxy) is 1. The zero-order valence-electron chi connectivity index (χ0n) is 10.7. The number of hydrogen-bond donors (Lipinski definition) is 2. The van der Waals surface area contributed by atoms with Crippen LogP contribution in [-0.4, -0.2) is 37.8 Å². The van der Waals surface area contributed by atoms with Gasteiger partial charge in [-0.25, -0.2) is 18.1 Å². The van der Waals surface area contributed by atoms with Gasteiger partial charge in [-0.3, -0.25) is 0 Å². The summed E-state index contributed by atoms with van der Waals surface area (Å²) < 4.78 is 32.1. The number of rotatable bonds is 5. The first-order valence-electron chi connectivity index (χ1n) is 6.19. The lowest BCUT2D eigenvalue weighted by molar-refractivity contribution is 0.180. The number of sulfonamides is 1. The topological polar surface area (TPSA) is 88.5 Å². The van der Waals surface area contributed by atoms with E-state index in [0.29, 0.717) is 18.8 Å². The van der Waals surface area contributed by atoms with Crippen molar-refractivity contribution in [1.29, 1.82) is 0 Å². The predicted molar refractivity (Wildman–Crippen MR) is 68.9 cm³/mol. The monoisotopic (exact) mass is 286 g/mol. The molecule has 2 unspecified atom stereocenters. The van der Waals surface area contributed by atoms with E-state index in [9.17, 15) is 8.42 Å². The molecular formula is C12H18N2O4S. The van der Waals surface area contributed by atoms with Crippen molar-refractivity contribution < 1.29 is 18.3 Å². The number of aliphatic hydroxyl groups excluding tert-OH is 1. The Bertz CT molecular complexity index is 509. The Labute approximate surface area is 112 Å². The molecule has 7 heteroatoms. The van der Waals surface area contributed by atoms with E-state index >= 15 is 0 Å². The third kappa shape index (κ3) is 3.50. The summed E-state index contributed by atoms with van der Waals surface area (Å²) in [5, 5.41) is 8.87. The first-order chi connectivity index (χ1) is 9.03. The van der Waals surface area contributed by atoms with Crippen LogP contribution in [0.25, 0.3) is 0 Å². The Morgan fingerprint density at radius 1 is 1.58 bits per heavy atom. The number of nitrogens with one attached hydrogen (secondary N) is 1. The minimum Gasteiger partial charge on any atom is -0.392 e. The van der Waals surface area contributed by atoms with Crippen LogP contribution in [0.1, 0.15) is 18.9 Å². The molecule has 0 aliphatic carbocycles. The summed E-state index contributed by atoms with van der Waals surface area (Å²) >= 11 is 0. The van der Waals surface area contributed by atoms with Crippen molar-refractivity contribution in [2.24, 2.45) is 5.92 Å². The molecular weight excluding hydrogens is 268 g/mol. The second-order valence-electron chi connectivity index (χ2n) is 4.70. The van der Waals surface area contributed by atoms with Crippen LogP contribution in [0, 0.1) is 5.92 Å². The van der Waals surface area contributed by atoms with Gasteiger partial charge >= 0.3 is 0 Å². The normalized spacial score (nSPS) is 21.5. The lowest BCUT2D eigenvalue weighted by Crippen LogP contribution is -2.38. The van der Waals surface area contributed by atoms with E-state index in [2.05, 4.69) is 9.71 Å². The number of aromatic nitrogens is 1. The SMILES string of the molecule is CC(NS(=O)(=O)c1ccc(CO)cn1)C1CCOC1. The highest BCUT2D eigenvalue weighted by Gasteiger charge is 2.27. The van der Waals surface area contributed by atoms with Gasteiger partial charge in [0.25, 0.3) is 10.0 Å². The van der Waals surface area contributed by atoms with Crippen molar-refractivity contribution >= 4 is 10.0 Å². The summed E-state index contributed by atoms with van der Waals surface area (Å²) in [5.74, 6) is 0.200. The Kier molecular flexibility index (Phi) is 4.51. The van der Waals surface area contributed by atoms with E-state index in [1.54, 1.807) is 6.07 Å². The van der Waals surface area contributed by atoms with Crippen LogP contribution >= 0.6 is 0 Å². The predicted octanol–water partition coefficient (Wildman–Crippen LogP) is 0.277. The van der Waals surface area contributed by atoms with Crippen LogP contribution < -0.4 is 4.72 Å². The molecule has 0 aromatic carbocycles. The third-order valence-corrected chi connectivity index (χ3v) is 4.74. The second kappa shape index (κ2) is 5.96. The van der Waals surface area contributed by atoms with Gasteiger partial charge in [-0.15, -0.1) is 0 Å². The third-order valence-electron chi connectivity index (χ3n) is 3.27. The van der Waals surface area contributed by atoms with Crippen LogP contribution in [0.15, 0.2) is 23.4 Å². The van der Waals surface area contributed by atoms with Crippen LogP contribution in [0.4, 0.5) is 0 Å². The molecule has 1 aliphatic heterocycles. The van der Waals surface area contributed by atoms with E-state index in [0.717, 1.165) is 6.42 Å². The zero-order valence-corrected chi connectivity index (χ0v) is 11.6. The second-order valence-corrected chi connectivity index (χ2v) is 6.36. The fourth-order valence-corrected chi connectivity index (χ4v) is 3.25. The van der Waals surface area contributed by atoms with Crippen LogP contribution in [0.3, 0.4) is 0 Å². The fourth-order valence-electron chi connectivity index (χ4n) is 2.01. The molecule has 1 aliphatic rings. The van der Waals surface area contributed by atoms with E-state index in [4.69, 9.17) is 9.84 Å². The molecule has 1 aromatic rings. The maximum Gasteiger partial charge on any atom is 0.258 e.